The third kappa shape index (κ3) is 4.45. The molecule has 3 aromatic carbocycles. The van der Waals surface area contributed by atoms with Gasteiger partial charge in [0.2, 0.25) is 0 Å². The first-order chi connectivity index (χ1) is 15.5. The van der Waals surface area contributed by atoms with Crippen LogP contribution >= 0.6 is 0 Å². The summed E-state index contributed by atoms with van der Waals surface area (Å²) in [5.41, 5.74) is 8.39. The molecule has 0 amide bonds. The molecule has 0 unspecified atom stereocenters. The highest BCUT2D eigenvalue weighted by atomic mass is 16.5. The SMILES string of the molecule is COc1ccc2c(c1)/C(=C\c1ccc(CN(C)c3ccccc3)cc1)C(C)=C2CC(=O)O. The van der Waals surface area contributed by atoms with Crippen molar-refractivity contribution in [2.45, 2.75) is 19.9 Å². The Morgan fingerprint density at radius 3 is 2.38 bits per heavy atom. The number of ether oxygens (including phenoxy) is 1. The maximum Gasteiger partial charge on any atom is 0.307 e. The number of allylic oxidation sites excluding steroid dienone is 2. The van der Waals surface area contributed by atoms with E-state index in [-0.39, 0.29) is 6.42 Å². The zero-order chi connectivity index (χ0) is 22.7. The van der Waals surface area contributed by atoms with Gasteiger partial charge in [-0.3, -0.25) is 4.79 Å². The first-order valence-electron chi connectivity index (χ1n) is 10.6. The molecular weight excluding hydrogens is 398 g/mol. The van der Waals surface area contributed by atoms with Crippen LogP contribution in [0.25, 0.3) is 17.2 Å². The van der Waals surface area contributed by atoms with Crippen molar-refractivity contribution in [2.75, 3.05) is 19.1 Å². The van der Waals surface area contributed by atoms with Crippen molar-refractivity contribution >= 4 is 28.9 Å². The van der Waals surface area contributed by atoms with Gasteiger partial charge in [0, 0.05) is 19.3 Å². The molecule has 4 nitrogen and oxygen atoms in total. The van der Waals surface area contributed by atoms with Crippen molar-refractivity contribution in [3.05, 3.63) is 101 Å². The lowest BCUT2D eigenvalue weighted by Gasteiger charge is -2.19. The lowest BCUT2D eigenvalue weighted by molar-refractivity contribution is -0.135. The Morgan fingerprint density at radius 2 is 1.72 bits per heavy atom. The van der Waals surface area contributed by atoms with Gasteiger partial charge in [0.15, 0.2) is 0 Å². The van der Waals surface area contributed by atoms with Gasteiger partial charge in [0.05, 0.1) is 13.5 Å². The molecule has 0 saturated carbocycles. The summed E-state index contributed by atoms with van der Waals surface area (Å²) in [6, 6.07) is 24.7. The van der Waals surface area contributed by atoms with Crippen molar-refractivity contribution in [3.8, 4) is 5.75 Å². The van der Waals surface area contributed by atoms with Crippen molar-refractivity contribution in [3.63, 3.8) is 0 Å². The Hall–Kier alpha value is -3.79. The third-order valence-corrected chi connectivity index (χ3v) is 5.93. The average molecular weight is 426 g/mol. The van der Waals surface area contributed by atoms with Crippen molar-refractivity contribution in [2.24, 2.45) is 0 Å². The Morgan fingerprint density at radius 1 is 1.00 bits per heavy atom. The third-order valence-electron chi connectivity index (χ3n) is 5.93. The molecule has 0 heterocycles. The number of para-hydroxylation sites is 1. The lowest BCUT2D eigenvalue weighted by Crippen LogP contribution is -2.15. The van der Waals surface area contributed by atoms with E-state index in [1.54, 1.807) is 7.11 Å². The van der Waals surface area contributed by atoms with Crippen molar-refractivity contribution in [1.82, 2.24) is 0 Å². The van der Waals surface area contributed by atoms with Gasteiger partial charge in [-0.05, 0) is 76.2 Å². The van der Waals surface area contributed by atoms with Crippen molar-refractivity contribution < 1.29 is 14.6 Å². The molecule has 0 saturated heterocycles. The number of benzene rings is 3. The van der Waals surface area contributed by atoms with E-state index >= 15 is 0 Å². The minimum Gasteiger partial charge on any atom is -0.497 e. The number of carboxylic acids is 1. The van der Waals surface area contributed by atoms with Crippen LogP contribution < -0.4 is 9.64 Å². The monoisotopic (exact) mass is 425 g/mol. The minimum atomic E-state index is -0.825. The number of anilines is 1. The number of nitrogens with zero attached hydrogens (tertiary/aromatic N) is 1. The average Bonchev–Trinajstić information content (AvgIpc) is 3.05. The lowest BCUT2D eigenvalue weighted by atomic mass is 10.00. The highest BCUT2D eigenvalue weighted by Crippen LogP contribution is 2.44. The second kappa shape index (κ2) is 9.15. The molecule has 4 rings (SSSR count). The van der Waals surface area contributed by atoms with Gasteiger partial charge >= 0.3 is 5.97 Å². The van der Waals surface area contributed by atoms with Gasteiger partial charge in [0.1, 0.15) is 5.75 Å². The van der Waals surface area contributed by atoms with Gasteiger partial charge < -0.3 is 14.7 Å². The molecule has 0 aliphatic heterocycles. The molecule has 0 spiro atoms. The van der Waals surface area contributed by atoms with Gasteiger partial charge in [-0.15, -0.1) is 0 Å². The highest BCUT2D eigenvalue weighted by Gasteiger charge is 2.25. The second-order valence-corrected chi connectivity index (χ2v) is 8.08. The summed E-state index contributed by atoms with van der Waals surface area (Å²) in [6.45, 7) is 2.82. The molecule has 162 valence electrons. The number of fused-ring (bicyclic) bond motifs is 1. The quantitative estimate of drug-likeness (QED) is 0.494. The van der Waals surface area contributed by atoms with E-state index in [0.717, 1.165) is 45.7 Å². The Balaban J connectivity index is 1.63. The van der Waals surface area contributed by atoms with Crippen LogP contribution in [0.15, 0.2) is 78.4 Å². The number of carboxylic acid groups (broad SMARTS) is 1. The summed E-state index contributed by atoms with van der Waals surface area (Å²) in [5, 5.41) is 9.40. The number of methoxy groups -OCH3 is 1. The van der Waals surface area contributed by atoms with E-state index in [0.29, 0.717) is 0 Å². The molecule has 1 aliphatic rings. The number of carbonyl (C=O) groups is 1. The van der Waals surface area contributed by atoms with Gasteiger partial charge in [-0.2, -0.15) is 0 Å². The standard InChI is InChI=1S/C28H27NO3/c1-19-25(27-16-23(32-3)13-14-24(27)26(19)17-28(30)31)15-20-9-11-21(12-10-20)18-29(2)22-7-5-4-6-8-22/h4-16H,17-18H2,1-3H3,(H,30,31)/b25-15-. The van der Waals surface area contributed by atoms with Crippen LogP contribution in [0, 0.1) is 0 Å². The predicted molar refractivity (Wildman–Crippen MR) is 131 cm³/mol. The molecular formula is C28H27NO3. The zero-order valence-electron chi connectivity index (χ0n) is 18.6. The summed E-state index contributed by atoms with van der Waals surface area (Å²) in [4.78, 5) is 13.7. The summed E-state index contributed by atoms with van der Waals surface area (Å²) >= 11 is 0. The number of hydrogen-bond acceptors (Lipinski definition) is 3. The fourth-order valence-electron chi connectivity index (χ4n) is 4.20. The van der Waals surface area contributed by atoms with E-state index in [4.69, 9.17) is 4.74 Å². The minimum absolute atomic E-state index is 0.00720. The highest BCUT2D eigenvalue weighted by molar-refractivity contribution is 6.07. The molecule has 4 heteroatoms. The van der Waals surface area contributed by atoms with E-state index < -0.39 is 5.97 Å². The Kier molecular flexibility index (Phi) is 6.13. The smallest absolute Gasteiger partial charge is 0.307 e. The molecule has 32 heavy (non-hydrogen) atoms. The predicted octanol–water partition coefficient (Wildman–Crippen LogP) is 6.13. The molecule has 1 aliphatic carbocycles. The molecule has 0 radical (unpaired) electrons. The van der Waals surface area contributed by atoms with Crippen LogP contribution in [0.3, 0.4) is 0 Å². The van der Waals surface area contributed by atoms with E-state index in [2.05, 4.69) is 54.4 Å². The first-order valence-corrected chi connectivity index (χ1v) is 10.6. The summed E-state index contributed by atoms with van der Waals surface area (Å²) in [7, 11) is 3.73. The van der Waals surface area contributed by atoms with Crippen LogP contribution in [0.5, 0.6) is 5.75 Å². The fourth-order valence-corrected chi connectivity index (χ4v) is 4.20. The normalized spacial score (nSPS) is 13.9. The topological polar surface area (TPSA) is 49.8 Å². The molecule has 0 aromatic heterocycles. The molecule has 0 atom stereocenters. The largest absolute Gasteiger partial charge is 0.497 e. The van der Waals surface area contributed by atoms with Crippen LogP contribution in [-0.2, 0) is 11.3 Å². The summed E-state index contributed by atoms with van der Waals surface area (Å²) in [5.74, 6) is -0.0624. The zero-order valence-corrected chi connectivity index (χ0v) is 18.6. The van der Waals surface area contributed by atoms with Crippen molar-refractivity contribution in [1.29, 1.82) is 0 Å². The Bertz CT molecular complexity index is 1190. The van der Waals surface area contributed by atoms with E-state index in [1.165, 1.54) is 11.3 Å². The van der Waals surface area contributed by atoms with Gasteiger partial charge in [0.25, 0.3) is 0 Å². The number of aliphatic carboxylic acids is 1. The molecule has 0 bridgehead atoms. The van der Waals surface area contributed by atoms with Gasteiger partial charge in [-0.1, -0.05) is 48.5 Å². The van der Waals surface area contributed by atoms with Crippen LogP contribution in [0.2, 0.25) is 0 Å². The van der Waals surface area contributed by atoms with E-state index in [9.17, 15) is 9.90 Å². The first kappa shape index (κ1) is 21.4. The van der Waals surface area contributed by atoms with Crippen LogP contribution in [0.4, 0.5) is 5.69 Å². The van der Waals surface area contributed by atoms with Crippen LogP contribution in [-0.4, -0.2) is 25.2 Å². The fraction of sp³-hybridized carbons (Fsp3) is 0.179. The maximum absolute atomic E-state index is 11.4. The number of rotatable bonds is 7. The molecule has 0 fully saturated rings. The summed E-state index contributed by atoms with van der Waals surface area (Å²) in [6.07, 6.45) is 2.14. The molecule has 1 N–H and O–H groups in total. The number of hydrogen-bond donors (Lipinski definition) is 1. The van der Waals surface area contributed by atoms with Gasteiger partial charge in [-0.25, -0.2) is 0 Å². The Labute approximate surface area is 189 Å². The van der Waals surface area contributed by atoms with E-state index in [1.807, 2.05) is 43.3 Å². The molecule has 3 aromatic rings. The van der Waals surface area contributed by atoms with Crippen LogP contribution in [0.1, 0.15) is 35.6 Å². The second-order valence-electron chi connectivity index (χ2n) is 8.08. The maximum atomic E-state index is 11.4. The summed E-state index contributed by atoms with van der Waals surface area (Å²) < 4.78 is 5.41.